The fourth-order valence-electron chi connectivity index (χ4n) is 10.1. The molecule has 1 heterocycles. The minimum Gasteiger partial charge on any atom is -0.310 e. The average Bonchev–Trinajstić information content (AvgIpc) is 3.76. The van der Waals surface area contributed by atoms with Crippen LogP contribution in [0.25, 0.3) is 94.3 Å². The van der Waals surface area contributed by atoms with Gasteiger partial charge in [0.1, 0.15) is 0 Å². The van der Waals surface area contributed by atoms with Crippen molar-refractivity contribution in [3.8, 4) is 72.4 Å². The molecule has 0 spiro atoms. The Hall–Kier alpha value is -8.98. The maximum Gasteiger partial charge on any atom is 0.0561 e. The van der Waals surface area contributed by atoms with E-state index in [4.69, 9.17) is 0 Å². The normalized spacial score (nSPS) is 11.2. The first-order chi connectivity index (χ1) is 33.8. The molecular weight excluding hydrogens is 821 g/mol. The molecule has 0 aliphatic carbocycles. The zero-order valence-electron chi connectivity index (χ0n) is 37.5. The molecule has 0 saturated heterocycles. The third kappa shape index (κ3) is 7.45. The lowest BCUT2D eigenvalue weighted by atomic mass is 9.86. The third-order valence-corrected chi connectivity index (χ3v) is 13.2. The minimum absolute atomic E-state index is 1.05. The van der Waals surface area contributed by atoms with Crippen LogP contribution in [0, 0.1) is 0 Å². The predicted molar refractivity (Wildman–Crippen MR) is 288 cm³/mol. The lowest BCUT2D eigenvalue weighted by molar-refractivity contribution is 1.18. The number of hydrogen-bond donors (Lipinski definition) is 0. The van der Waals surface area contributed by atoms with Gasteiger partial charge in [0.2, 0.25) is 0 Å². The summed E-state index contributed by atoms with van der Waals surface area (Å²) in [6.45, 7) is 0. The number of benzene rings is 11. The number of rotatable bonds is 10. The highest BCUT2D eigenvalue weighted by Gasteiger charge is 2.25. The third-order valence-electron chi connectivity index (χ3n) is 13.2. The van der Waals surface area contributed by atoms with Gasteiger partial charge in [0, 0.05) is 33.4 Å². The average molecular weight is 867 g/mol. The summed E-state index contributed by atoms with van der Waals surface area (Å²) >= 11 is 0. The maximum absolute atomic E-state index is 2.51. The van der Waals surface area contributed by atoms with Crippen molar-refractivity contribution in [3.05, 3.63) is 279 Å². The number of aromatic nitrogens is 1. The van der Waals surface area contributed by atoms with Crippen molar-refractivity contribution >= 4 is 38.9 Å². The molecule has 0 amide bonds. The van der Waals surface area contributed by atoms with Crippen LogP contribution in [0.15, 0.2) is 279 Å². The molecule has 0 radical (unpaired) electrons. The van der Waals surface area contributed by atoms with Crippen LogP contribution in [0.3, 0.4) is 0 Å². The van der Waals surface area contributed by atoms with Gasteiger partial charge in [-0.05, 0) is 116 Å². The SMILES string of the molecule is c1ccc(-c2ccc(N(c3ccc4c5ccccc5n(-c5ccccc5)c4c3)c3cc(-c4ccccc4)c(-c4ccccc4)cc3-c3ccccc3-c3ccccc3)cc2-c2ccccc2)cc1. The Bertz CT molecular complexity index is 3690. The second kappa shape index (κ2) is 17.8. The molecule has 12 aromatic rings. The van der Waals surface area contributed by atoms with Crippen molar-refractivity contribution in [1.82, 2.24) is 4.57 Å². The fourth-order valence-corrected chi connectivity index (χ4v) is 10.1. The van der Waals surface area contributed by atoms with Gasteiger partial charge < -0.3 is 9.47 Å². The van der Waals surface area contributed by atoms with Gasteiger partial charge in [-0.15, -0.1) is 0 Å². The summed E-state index contributed by atoms with van der Waals surface area (Å²) in [6.07, 6.45) is 0. The number of anilines is 3. The van der Waals surface area contributed by atoms with Gasteiger partial charge in [-0.25, -0.2) is 0 Å². The topological polar surface area (TPSA) is 8.17 Å². The van der Waals surface area contributed by atoms with E-state index in [0.717, 1.165) is 67.2 Å². The molecular formula is C66H46N2. The first-order valence-electron chi connectivity index (χ1n) is 23.3. The van der Waals surface area contributed by atoms with E-state index < -0.39 is 0 Å². The van der Waals surface area contributed by atoms with E-state index in [1.165, 1.54) is 44.1 Å². The molecule has 2 heteroatoms. The van der Waals surface area contributed by atoms with Crippen LogP contribution in [0.5, 0.6) is 0 Å². The first-order valence-corrected chi connectivity index (χ1v) is 23.3. The molecule has 11 aromatic carbocycles. The van der Waals surface area contributed by atoms with Gasteiger partial charge in [-0.1, -0.05) is 224 Å². The van der Waals surface area contributed by atoms with Crippen LogP contribution in [0.2, 0.25) is 0 Å². The van der Waals surface area contributed by atoms with Crippen molar-refractivity contribution in [1.29, 1.82) is 0 Å². The van der Waals surface area contributed by atoms with E-state index in [0.29, 0.717) is 0 Å². The van der Waals surface area contributed by atoms with Crippen LogP contribution in [-0.2, 0) is 0 Å². The van der Waals surface area contributed by atoms with E-state index >= 15 is 0 Å². The Morgan fingerprint density at radius 2 is 0.632 bits per heavy atom. The molecule has 0 aliphatic heterocycles. The number of nitrogens with zero attached hydrogens (tertiary/aromatic N) is 2. The number of para-hydroxylation sites is 2. The van der Waals surface area contributed by atoms with Gasteiger partial charge in [0.25, 0.3) is 0 Å². The Balaban J connectivity index is 1.22. The highest BCUT2D eigenvalue weighted by Crippen LogP contribution is 2.50. The van der Waals surface area contributed by atoms with E-state index in [9.17, 15) is 0 Å². The van der Waals surface area contributed by atoms with Crippen LogP contribution in [0.4, 0.5) is 17.1 Å². The van der Waals surface area contributed by atoms with Gasteiger partial charge in [-0.2, -0.15) is 0 Å². The summed E-state index contributed by atoms with van der Waals surface area (Å²) in [5.74, 6) is 0. The van der Waals surface area contributed by atoms with Crippen LogP contribution in [0.1, 0.15) is 0 Å². The maximum atomic E-state index is 2.51. The van der Waals surface area contributed by atoms with Gasteiger partial charge in [0.05, 0.1) is 16.7 Å². The Labute approximate surface area is 397 Å². The van der Waals surface area contributed by atoms with E-state index in [1.54, 1.807) is 0 Å². The van der Waals surface area contributed by atoms with Gasteiger partial charge in [-0.3, -0.25) is 0 Å². The summed E-state index contributed by atoms with van der Waals surface area (Å²) in [7, 11) is 0. The van der Waals surface area contributed by atoms with Crippen molar-refractivity contribution < 1.29 is 0 Å². The summed E-state index contributed by atoms with van der Waals surface area (Å²) in [5.41, 5.74) is 20.5. The van der Waals surface area contributed by atoms with Crippen LogP contribution < -0.4 is 4.90 Å². The summed E-state index contributed by atoms with van der Waals surface area (Å²) < 4.78 is 2.42. The van der Waals surface area contributed by atoms with Crippen molar-refractivity contribution in [2.75, 3.05) is 4.90 Å². The smallest absolute Gasteiger partial charge is 0.0561 e. The molecule has 68 heavy (non-hydrogen) atoms. The zero-order chi connectivity index (χ0) is 45.2. The molecule has 320 valence electrons. The first kappa shape index (κ1) is 40.5. The van der Waals surface area contributed by atoms with Crippen molar-refractivity contribution in [2.45, 2.75) is 0 Å². The van der Waals surface area contributed by atoms with E-state index in [1.807, 2.05) is 0 Å². The number of hydrogen-bond acceptors (Lipinski definition) is 1. The molecule has 0 atom stereocenters. The molecule has 12 rings (SSSR count). The highest BCUT2D eigenvalue weighted by molar-refractivity contribution is 6.11. The van der Waals surface area contributed by atoms with Crippen LogP contribution >= 0.6 is 0 Å². The fraction of sp³-hybridized carbons (Fsp3) is 0. The molecule has 0 N–H and O–H groups in total. The second-order valence-corrected chi connectivity index (χ2v) is 17.2. The van der Waals surface area contributed by atoms with Gasteiger partial charge >= 0.3 is 0 Å². The summed E-state index contributed by atoms with van der Waals surface area (Å²) in [5, 5.41) is 2.43. The van der Waals surface area contributed by atoms with Crippen LogP contribution in [-0.4, -0.2) is 4.57 Å². The number of fused-ring (bicyclic) bond motifs is 3. The Morgan fingerprint density at radius 1 is 0.235 bits per heavy atom. The minimum atomic E-state index is 1.05. The lowest BCUT2D eigenvalue weighted by Gasteiger charge is -2.31. The molecule has 1 aromatic heterocycles. The molecule has 2 nitrogen and oxygen atoms in total. The largest absolute Gasteiger partial charge is 0.310 e. The lowest BCUT2D eigenvalue weighted by Crippen LogP contribution is -2.13. The Kier molecular flexibility index (Phi) is 10.6. The van der Waals surface area contributed by atoms with Crippen molar-refractivity contribution in [3.63, 3.8) is 0 Å². The summed E-state index contributed by atoms with van der Waals surface area (Å²) in [4.78, 5) is 2.51. The van der Waals surface area contributed by atoms with E-state index in [2.05, 4.69) is 289 Å². The molecule has 0 aliphatic rings. The predicted octanol–water partition coefficient (Wildman–Crippen LogP) is 18.3. The zero-order valence-corrected chi connectivity index (χ0v) is 37.5. The quantitative estimate of drug-likeness (QED) is 0.133. The Morgan fingerprint density at radius 3 is 1.21 bits per heavy atom. The standard InChI is InChI=1S/C66H46N2/c1-7-23-47(24-8-1)55-35-19-20-36-57(55)63-45-61(50-29-13-4-14-30-50)62(51-31-15-5-16-32-51)46-66(63)67(53-39-41-56(48-25-9-2-10-26-48)60(43-53)49-27-11-3-12-28-49)54-40-42-59-58-37-21-22-38-64(58)68(65(59)44-54)52-33-17-6-18-34-52/h1-46H. The molecule has 0 fully saturated rings. The second-order valence-electron chi connectivity index (χ2n) is 17.2. The van der Waals surface area contributed by atoms with Crippen molar-refractivity contribution in [2.24, 2.45) is 0 Å². The molecule has 0 unspecified atom stereocenters. The van der Waals surface area contributed by atoms with Gasteiger partial charge in [0.15, 0.2) is 0 Å². The molecule has 0 saturated carbocycles. The molecule has 0 bridgehead atoms. The highest BCUT2D eigenvalue weighted by atomic mass is 15.1. The van der Waals surface area contributed by atoms with E-state index in [-0.39, 0.29) is 0 Å². The summed E-state index contributed by atoms with van der Waals surface area (Å²) in [6, 6.07) is 101. The monoisotopic (exact) mass is 866 g/mol.